The summed E-state index contributed by atoms with van der Waals surface area (Å²) in [6, 6.07) is 19.1. The number of carbonyl (C=O) groups is 7. The minimum Gasteiger partial charge on any atom is -0.391 e. The fourth-order valence-corrected chi connectivity index (χ4v) is 16.7. The van der Waals surface area contributed by atoms with Crippen molar-refractivity contribution in [2.45, 2.75) is 125 Å². The minimum absolute atomic E-state index is 0.0155. The van der Waals surface area contributed by atoms with E-state index in [-0.39, 0.29) is 123 Å². The first-order valence-electron chi connectivity index (χ1n) is 37.0. The van der Waals surface area contributed by atoms with Gasteiger partial charge in [-0.05, 0) is 100 Å². The quantitative estimate of drug-likeness (QED) is 0.0203. The molecule has 34 heteroatoms. The van der Waals surface area contributed by atoms with Gasteiger partial charge in [0.1, 0.15) is 59.0 Å². The van der Waals surface area contributed by atoms with Crippen molar-refractivity contribution in [1.29, 1.82) is 0 Å². The Morgan fingerprint density at radius 2 is 1.07 bits per heavy atom. The smallest absolute Gasteiger partial charge is 0.249 e. The number of fused-ring (bicyclic) bond motifs is 6. The Morgan fingerprint density at radius 1 is 0.589 bits per heavy atom. The van der Waals surface area contributed by atoms with Crippen LogP contribution in [0, 0.1) is 53.9 Å². The van der Waals surface area contributed by atoms with Crippen LogP contribution in [0.2, 0.25) is 10.0 Å². The molecule has 8 heterocycles. The summed E-state index contributed by atoms with van der Waals surface area (Å²) < 4.78 is 32.6. The molecule has 8 aromatic rings. The molecule has 0 radical (unpaired) electrons. The van der Waals surface area contributed by atoms with Crippen LogP contribution in [0.3, 0.4) is 0 Å². The molecule has 0 saturated carbocycles. The molecule has 0 spiro atoms. The summed E-state index contributed by atoms with van der Waals surface area (Å²) in [4.78, 5) is 117. The normalized spacial score (nSPS) is 16.1. The standard InChI is InChI=1S/C78H94Cl2N16O13S3/c1-44-47(4)111-76-66(44)68(52-15-19-55(79)20-16-52)86-58(72-91-89-49(6)95(72)76)36-61(98)81-23-27-105-31-32-107-29-25-83-64(101)41-109-42-65(102)93(40-63(100)88-71(78(8,9)10)75(104)94-39-57(97)35-60(94)74(103)84-38-51-11-13-54(14-12-51)70-46(3)85-43-110-70)26-30-108-34-33-106-28-24-82-62(99)37-59-73-92-90-50(7)96(73)77-67(45(2)48(5)112-77)69(87-59)53-17-21-56(80)22-18-53/h11-22,43,57-60,71,97H,23-42H2,1-10H3,(H,81,98)(H,82,99)(H,83,101)(H,84,103)(H,88,100)/t57-,58?,59?,60+,71-/m1/s1. The molecule has 0 bridgehead atoms. The van der Waals surface area contributed by atoms with Gasteiger partial charge in [-0.1, -0.05) is 92.5 Å². The van der Waals surface area contributed by atoms with Gasteiger partial charge in [-0.15, -0.1) is 54.4 Å². The highest BCUT2D eigenvalue weighted by Gasteiger charge is 2.45. The second-order valence-electron chi connectivity index (χ2n) is 28.5. The predicted octanol–water partition coefficient (Wildman–Crippen LogP) is 7.89. The second kappa shape index (κ2) is 38.6. The largest absolute Gasteiger partial charge is 0.391 e. The SMILES string of the molecule is Cc1ncsc1-c1ccc(CNC(=O)[C@@H]2C[C@@H](O)CN2C(=O)[C@@H](NC(=O)CN(CCOCCOCCNC(=O)CC2N=C(c3ccc(Cl)cc3)c3c(sc(C)c3C)-n3c(C)nnc32)C(=O)COCC(=O)NCCOCCOCCNC(=O)CC2N=C(c3ccc(Cl)cc3)c3c(sc(C)c3C)-n3c(C)nnc32)C(C)(C)C)cc1. The second-order valence-corrected chi connectivity index (χ2v) is 32.6. The van der Waals surface area contributed by atoms with Crippen molar-refractivity contribution < 1.29 is 62.4 Å². The van der Waals surface area contributed by atoms with Gasteiger partial charge >= 0.3 is 0 Å². The minimum atomic E-state index is -1.21. The van der Waals surface area contributed by atoms with Gasteiger partial charge in [0, 0.05) is 87.7 Å². The number of amides is 7. The number of benzene rings is 3. The molecule has 3 aliphatic heterocycles. The van der Waals surface area contributed by atoms with Crippen molar-refractivity contribution in [2.24, 2.45) is 15.4 Å². The van der Waals surface area contributed by atoms with Gasteiger partial charge in [0.25, 0.3) is 0 Å². The Morgan fingerprint density at radius 3 is 1.55 bits per heavy atom. The molecule has 112 heavy (non-hydrogen) atoms. The number of rotatable bonds is 36. The third-order valence-corrected chi connectivity index (χ3v) is 23.2. The van der Waals surface area contributed by atoms with E-state index in [4.69, 9.17) is 56.9 Å². The van der Waals surface area contributed by atoms with Crippen LogP contribution < -0.4 is 26.6 Å². The Kier molecular flexibility index (Phi) is 28.9. The van der Waals surface area contributed by atoms with E-state index in [0.717, 1.165) is 86.3 Å². The zero-order valence-corrected chi connectivity index (χ0v) is 68.2. The highest BCUT2D eigenvalue weighted by atomic mass is 35.5. The van der Waals surface area contributed by atoms with Gasteiger partial charge in [-0.25, -0.2) is 4.98 Å². The predicted molar refractivity (Wildman–Crippen MR) is 427 cm³/mol. The molecule has 29 nitrogen and oxygen atoms in total. The summed E-state index contributed by atoms with van der Waals surface area (Å²) >= 11 is 17.4. The Labute approximate surface area is 671 Å². The Bertz CT molecular complexity index is 4740. The molecular weight excluding hydrogens is 1540 g/mol. The highest BCUT2D eigenvalue weighted by molar-refractivity contribution is 7.15. The Hall–Kier alpha value is -9.06. The van der Waals surface area contributed by atoms with E-state index in [1.165, 1.54) is 21.1 Å². The fraction of sp³-hybridized carbons (Fsp3) is 0.462. The summed E-state index contributed by atoms with van der Waals surface area (Å²) in [7, 11) is 0. The van der Waals surface area contributed by atoms with E-state index in [1.54, 1.807) is 49.0 Å². The Balaban J connectivity index is 0.627. The van der Waals surface area contributed by atoms with Gasteiger partial charge in [0.15, 0.2) is 11.6 Å². The summed E-state index contributed by atoms with van der Waals surface area (Å²) in [6.45, 7) is 19.0. The topological polar surface area (TPSA) is 352 Å². The number of aryl methyl sites for hydroxylation is 5. The first-order valence-corrected chi connectivity index (χ1v) is 40.2. The maximum absolute atomic E-state index is 14.6. The number of aliphatic hydroxyl groups excluding tert-OH is 1. The van der Waals surface area contributed by atoms with E-state index in [2.05, 4.69) is 79.7 Å². The summed E-state index contributed by atoms with van der Waals surface area (Å²) in [5.41, 5.74) is 10.9. The number of hydrogen-bond donors (Lipinski definition) is 6. The van der Waals surface area contributed by atoms with Crippen LogP contribution in [0.1, 0.15) is 130 Å². The number of aliphatic hydroxyl groups is 1. The number of nitrogens with one attached hydrogen (secondary N) is 5. The first kappa shape index (κ1) is 83.9. The van der Waals surface area contributed by atoms with Crippen molar-refractivity contribution in [3.8, 4) is 20.4 Å². The molecule has 5 atom stereocenters. The van der Waals surface area contributed by atoms with Gasteiger partial charge in [-0.2, -0.15) is 0 Å². The van der Waals surface area contributed by atoms with Crippen molar-refractivity contribution >= 4 is 110 Å². The number of aromatic nitrogens is 7. The molecule has 2 unspecified atom stereocenters. The fourth-order valence-electron chi connectivity index (χ4n) is 13.2. The number of halogens is 2. The zero-order chi connectivity index (χ0) is 79.9. The first-order chi connectivity index (χ1) is 53.7. The number of β-amino-alcohol motifs (C(OH)–C–C–N with tert-alkyl or cyclic N) is 1. The molecular formula is C78H94Cl2N16O13S3. The summed E-state index contributed by atoms with van der Waals surface area (Å²) in [5.74, 6) is -1.01. The van der Waals surface area contributed by atoms with Crippen LogP contribution in [0.15, 0.2) is 88.3 Å². The average molecular weight is 1630 g/mol. The third-order valence-electron chi connectivity index (χ3n) is 19.3. The van der Waals surface area contributed by atoms with Crippen molar-refractivity contribution in [2.75, 3.05) is 105 Å². The van der Waals surface area contributed by atoms with Crippen LogP contribution in [0.5, 0.6) is 0 Å². The van der Waals surface area contributed by atoms with E-state index >= 15 is 0 Å². The van der Waals surface area contributed by atoms with Crippen LogP contribution in [-0.4, -0.2) is 226 Å². The van der Waals surface area contributed by atoms with Crippen LogP contribution >= 0.6 is 57.2 Å². The van der Waals surface area contributed by atoms with E-state index in [1.807, 2.05) is 103 Å². The molecule has 596 valence electrons. The average Bonchev–Trinajstić information content (AvgIpc) is 1.59. The van der Waals surface area contributed by atoms with Crippen LogP contribution in [0.25, 0.3) is 20.4 Å². The summed E-state index contributed by atoms with van der Waals surface area (Å²) in [6.07, 6.45) is -1.02. The molecule has 3 aromatic carbocycles. The maximum atomic E-state index is 14.6. The number of thiophene rings is 2. The lowest BCUT2D eigenvalue weighted by Crippen LogP contribution is -2.59. The number of nitrogens with zero attached hydrogens (tertiary/aromatic N) is 11. The molecule has 1 fully saturated rings. The number of likely N-dealkylation sites (tertiary alicyclic amines) is 1. The van der Waals surface area contributed by atoms with Gasteiger partial charge in [-0.3, -0.25) is 52.7 Å². The number of thiazole rings is 1. The van der Waals surface area contributed by atoms with Crippen LogP contribution in [-0.2, 0) is 63.8 Å². The van der Waals surface area contributed by atoms with E-state index in [9.17, 15) is 38.7 Å². The van der Waals surface area contributed by atoms with Crippen molar-refractivity contribution in [3.05, 3.63) is 166 Å². The molecule has 7 amide bonds. The number of carbonyl (C=O) groups excluding carboxylic acids is 7. The van der Waals surface area contributed by atoms with E-state index < -0.39 is 85.0 Å². The third kappa shape index (κ3) is 21.0. The monoisotopic (exact) mass is 1630 g/mol. The highest BCUT2D eigenvalue weighted by Crippen LogP contribution is 2.42. The van der Waals surface area contributed by atoms with Gasteiger partial charge in [0.05, 0.1) is 106 Å². The molecule has 3 aliphatic rings. The molecule has 6 N–H and O–H groups in total. The van der Waals surface area contributed by atoms with Crippen molar-refractivity contribution in [3.63, 3.8) is 0 Å². The number of hydrogen-bond acceptors (Lipinski definition) is 23. The number of aliphatic imine (C=N–C) groups is 2. The molecule has 0 aliphatic carbocycles. The van der Waals surface area contributed by atoms with Gasteiger partial charge < -0.3 is 65.2 Å². The summed E-state index contributed by atoms with van der Waals surface area (Å²) in [5, 5.41) is 46.0. The lowest BCUT2D eigenvalue weighted by molar-refractivity contribution is -0.145. The number of ether oxygens (including phenoxy) is 5. The van der Waals surface area contributed by atoms with Crippen molar-refractivity contribution in [1.82, 2.24) is 70.9 Å². The molecule has 11 rings (SSSR count). The lowest BCUT2D eigenvalue weighted by atomic mass is 9.85. The maximum Gasteiger partial charge on any atom is 0.249 e. The van der Waals surface area contributed by atoms with Crippen LogP contribution in [0.4, 0.5) is 0 Å². The zero-order valence-electron chi connectivity index (χ0n) is 64.3. The lowest BCUT2D eigenvalue weighted by Gasteiger charge is -2.35. The van der Waals surface area contributed by atoms with E-state index in [0.29, 0.717) is 33.3 Å². The molecule has 5 aromatic heterocycles. The molecule has 1 saturated heterocycles. The van der Waals surface area contributed by atoms with Gasteiger partial charge in [0.2, 0.25) is 41.4 Å².